The fourth-order valence-corrected chi connectivity index (χ4v) is 2.93. The van der Waals surface area contributed by atoms with Crippen LogP contribution < -0.4 is 5.32 Å². The molecule has 0 fully saturated rings. The highest BCUT2D eigenvalue weighted by Gasteiger charge is 2.11. The van der Waals surface area contributed by atoms with Crippen LogP contribution in [0, 0.1) is 3.57 Å². The summed E-state index contributed by atoms with van der Waals surface area (Å²) in [6.45, 7) is 0. The topological polar surface area (TPSA) is 12.0 Å². The summed E-state index contributed by atoms with van der Waals surface area (Å²) in [5.41, 5.74) is 2.81. The molecule has 0 bridgehead atoms. The molecule has 0 aliphatic rings. The summed E-state index contributed by atoms with van der Waals surface area (Å²) in [4.78, 5) is 0. The highest BCUT2D eigenvalue weighted by atomic mass is 127. The second-order valence-electron chi connectivity index (χ2n) is 4.39. The minimum atomic E-state index is 0.429. The Kier molecular flexibility index (Phi) is 5.20. The lowest BCUT2D eigenvalue weighted by molar-refractivity contribution is 0.547. The fraction of sp³-hybridized carbons (Fsp3) is 0.250. The lowest BCUT2D eigenvalue weighted by Crippen LogP contribution is -2.18. The van der Waals surface area contributed by atoms with Crippen molar-refractivity contribution in [3.05, 3.63) is 69.3 Å². The molecule has 0 aliphatic heterocycles. The highest BCUT2D eigenvalue weighted by Crippen LogP contribution is 2.23. The van der Waals surface area contributed by atoms with E-state index in [0.29, 0.717) is 6.04 Å². The van der Waals surface area contributed by atoms with Gasteiger partial charge in [-0.2, -0.15) is 0 Å². The van der Waals surface area contributed by atoms with Crippen LogP contribution in [0.25, 0.3) is 0 Å². The SMILES string of the molecule is CNC(CCc1ccccc1)c1ccccc1I. The second-order valence-corrected chi connectivity index (χ2v) is 5.55. The first-order valence-electron chi connectivity index (χ1n) is 6.27. The summed E-state index contributed by atoms with van der Waals surface area (Å²) in [6, 6.07) is 19.7. The molecule has 0 amide bonds. The molecule has 0 saturated heterocycles. The lowest BCUT2D eigenvalue weighted by atomic mass is 9.99. The predicted octanol–water partition coefficient (Wildman–Crippen LogP) is 4.18. The minimum Gasteiger partial charge on any atom is -0.313 e. The zero-order valence-corrected chi connectivity index (χ0v) is 12.7. The normalized spacial score (nSPS) is 12.3. The summed E-state index contributed by atoms with van der Waals surface area (Å²) < 4.78 is 1.34. The predicted molar refractivity (Wildman–Crippen MR) is 85.7 cm³/mol. The number of benzene rings is 2. The van der Waals surface area contributed by atoms with E-state index in [4.69, 9.17) is 0 Å². The van der Waals surface area contributed by atoms with E-state index in [2.05, 4.69) is 82.5 Å². The summed E-state index contributed by atoms with van der Waals surface area (Å²) in [5.74, 6) is 0. The number of halogens is 1. The maximum Gasteiger partial charge on any atom is 0.0331 e. The first kappa shape index (κ1) is 13.6. The van der Waals surface area contributed by atoms with Gasteiger partial charge in [-0.05, 0) is 59.7 Å². The molecule has 2 rings (SSSR count). The molecular formula is C16H18IN. The second kappa shape index (κ2) is 6.90. The van der Waals surface area contributed by atoms with E-state index >= 15 is 0 Å². The Morgan fingerprint density at radius 3 is 2.33 bits per heavy atom. The number of hydrogen-bond donors (Lipinski definition) is 1. The molecular weight excluding hydrogens is 333 g/mol. The standard InChI is InChI=1S/C16H18IN/c1-18-16(14-9-5-6-10-15(14)17)12-11-13-7-3-2-4-8-13/h2-10,16,18H,11-12H2,1H3. The largest absolute Gasteiger partial charge is 0.313 e. The summed E-state index contributed by atoms with van der Waals surface area (Å²) in [7, 11) is 2.04. The molecule has 1 unspecified atom stereocenters. The minimum absolute atomic E-state index is 0.429. The fourth-order valence-electron chi connectivity index (χ4n) is 2.17. The van der Waals surface area contributed by atoms with Gasteiger partial charge < -0.3 is 5.32 Å². The maximum absolute atomic E-state index is 3.42. The van der Waals surface area contributed by atoms with Crippen molar-refractivity contribution in [2.24, 2.45) is 0 Å². The quantitative estimate of drug-likeness (QED) is 0.797. The molecule has 0 radical (unpaired) electrons. The molecule has 1 nitrogen and oxygen atoms in total. The molecule has 0 heterocycles. The smallest absolute Gasteiger partial charge is 0.0331 e. The van der Waals surface area contributed by atoms with Crippen molar-refractivity contribution in [3.63, 3.8) is 0 Å². The zero-order chi connectivity index (χ0) is 12.8. The van der Waals surface area contributed by atoms with Gasteiger partial charge in [0.25, 0.3) is 0 Å². The highest BCUT2D eigenvalue weighted by molar-refractivity contribution is 14.1. The van der Waals surface area contributed by atoms with Crippen LogP contribution in [0.1, 0.15) is 23.6 Å². The van der Waals surface area contributed by atoms with Crippen molar-refractivity contribution < 1.29 is 0 Å². The molecule has 1 N–H and O–H groups in total. The molecule has 0 spiro atoms. The van der Waals surface area contributed by atoms with E-state index in [9.17, 15) is 0 Å². The molecule has 94 valence electrons. The zero-order valence-electron chi connectivity index (χ0n) is 10.6. The molecule has 0 saturated carbocycles. The van der Waals surface area contributed by atoms with Gasteiger partial charge in [0.2, 0.25) is 0 Å². The van der Waals surface area contributed by atoms with Crippen LogP contribution in [0.5, 0.6) is 0 Å². The Hall–Kier alpha value is -0.870. The van der Waals surface area contributed by atoms with Crippen LogP contribution in [0.2, 0.25) is 0 Å². The lowest BCUT2D eigenvalue weighted by Gasteiger charge is -2.18. The molecule has 2 heteroatoms. The Morgan fingerprint density at radius 2 is 1.67 bits per heavy atom. The van der Waals surface area contributed by atoms with Crippen molar-refractivity contribution in [2.45, 2.75) is 18.9 Å². The van der Waals surface area contributed by atoms with Gasteiger partial charge >= 0.3 is 0 Å². The van der Waals surface area contributed by atoms with Gasteiger partial charge in [-0.3, -0.25) is 0 Å². The van der Waals surface area contributed by atoms with Gasteiger partial charge in [0.15, 0.2) is 0 Å². The van der Waals surface area contributed by atoms with Crippen molar-refractivity contribution in [1.29, 1.82) is 0 Å². The third-order valence-electron chi connectivity index (χ3n) is 3.19. The van der Waals surface area contributed by atoms with Crippen LogP contribution in [0.15, 0.2) is 54.6 Å². The van der Waals surface area contributed by atoms with Crippen molar-refractivity contribution in [2.75, 3.05) is 7.05 Å². The van der Waals surface area contributed by atoms with E-state index in [-0.39, 0.29) is 0 Å². The third kappa shape index (κ3) is 3.56. The van der Waals surface area contributed by atoms with Crippen LogP contribution in [0.4, 0.5) is 0 Å². The molecule has 2 aromatic rings. The number of hydrogen-bond acceptors (Lipinski definition) is 1. The van der Waals surface area contributed by atoms with E-state index in [0.717, 1.165) is 12.8 Å². The number of nitrogens with one attached hydrogen (secondary N) is 1. The Balaban J connectivity index is 2.04. The number of rotatable bonds is 5. The summed E-state index contributed by atoms with van der Waals surface area (Å²) >= 11 is 2.41. The van der Waals surface area contributed by atoms with E-state index in [1.807, 2.05) is 7.05 Å². The van der Waals surface area contributed by atoms with Crippen LogP contribution in [-0.2, 0) is 6.42 Å². The van der Waals surface area contributed by atoms with Crippen LogP contribution >= 0.6 is 22.6 Å². The van der Waals surface area contributed by atoms with Crippen molar-refractivity contribution >= 4 is 22.6 Å². The summed E-state index contributed by atoms with van der Waals surface area (Å²) in [5, 5.41) is 3.42. The van der Waals surface area contributed by atoms with E-state index in [1.54, 1.807) is 0 Å². The Morgan fingerprint density at radius 1 is 1.00 bits per heavy atom. The average molecular weight is 351 g/mol. The van der Waals surface area contributed by atoms with Gasteiger partial charge in [0.05, 0.1) is 0 Å². The van der Waals surface area contributed by atoms with Gasteiger partial charge in [-0.25, -0.2) is 0 Å². The molecule has 18 heavy (non-hydrogen) atoms. The van der Waals surface area contributed by atoms with Crippen LogP contribution in [0.3, 0.4) is 0 Å². The average Bonchev–Trinajstić information content (AvgIpc) is 2.42. The van der Waals surface area contributed by atoms with Crippen molar-refractivity contribution in [3.8, 4) is 0 Å². The molecule has 2 aromatic carbocycles. The molecule has 0 aromatic heterocycles. The van der Waals surface area contributed by atoms with E-state index in [1.165, 1.54) is 14.7 Å². The first-order chi connectivity index (χ1) is 8.81. The van der Waals surface area contributed by atoms with Crippen molar-refractivity contribution in [1.82, 2.24) is 5.32 Å². The maximum atomic E-state index is 3.42. The first-order valence-corrected chi connectivity index (χ1v) is 7.34. The third-order valence-corrected chi connectivity index (χ3v) is 4.18. The molecule has 0 aliphatic carbocycles. The Labute approximate surface area is 123 Å². The van der Waals surface area contributed by atoms with E-state index < -0.39 is 0 Å². The van der Waals surface area contributed by atoms with Gasteiger partial charge in [0, 0.05) is 9.61 Å². The monoisotopic (exact) mass is 351 g/mol. The Bertz CT molecular complexity index is 481. The van der Waals surface area contributed by atoms with Gasteiger partial charge in [-0.15, -0.1) is 0 Å². The summed E-state index contributed by atoms with van der Waals surface area (Å²) in [6.07, 6.45) is 2.23. The number of aryl methyl sites for hydroxylation is 1. The van der Waals surface area contributed by atoms with Gasteiger partial charge in [0.1, 0.15) is 0 Å². The van der Waals surface area contributed by atoms with Gasteiger partial charge in [-0.1, -0.05) is 48.5 Å². The van der Waals surface area contributed by atoms with Crippen LogP contribution in [-0.4, -0.2) is 7.05 Å². The molecule has 1 atom stereocenters.